The Labute approximate surface area is 105 Å². The van der Waals surface area contributed by atoms with Gasteiger partial charge in [-0.25, -0.2) is 10.1 Å². The molecule has 2 heterocycles. The van der Waals surface area contributed by atoms with Crippen molar-refractivity contribution in [3.8, 4) is 0 Å². The Bertz CT molecular complexity index is 646. The van der Waals surface area contributed by atoms with Gasteiger partial charge < -0.3 is 4.98 Å². The van der Waals surface area contributed by atoms with E-state index in [1.807, 2.05) is 24.3 Å². The first-order valence-electron chi connectivity index (χ1n) is 5.80. The van der Waals surface area contributed by atoms with E-state index in [0.29, 0.717) is 12.4 Å². The summed E-state index contributed by atoms with van der Waals surface area (Å²) in [5, 5.41) is 5.22. The van der Waals surface area contributed by atoms with Crippen LogP contribution in [-0.2, 0) is 10.2 Å². The molecule has 1 aromatic carbocycles. The van der Waals surface area contributed by atoms with E-state index in [1.54, 1.807) is 0 Å². The molecule has 1 unspecified atom stereocenters. The smallest absolute Gasteiger partial charge is 0.277 e. The van der Waals surface area contributed by atoms with Crippen molar-refractivity contribution in [2.45, 2.75) is 18.9 Å². The number of benzene rings is 1. The monoisotopic (exact) mass is 266 g/mol. The predicted molar refractivity (Wildman–Crippen MR) is 67.9 cm³/mol. The summed E-state index contributed by atoms with van der Waals surface area (Å²) in [5.41, 5.74) is 1.75. The number of nitrogens with zero attached hydrogens (tertiary/aromatic N) is 2. The summed E-state index contributed by atoms with van der Waals surface area (Å²) in [4.78, 5) is 7.61. The molecule has 1 aromatic heterocycles. The minimum absolute atomic E-state index is 0.271. The Hall–Kier alpha value is -1.44. The van der Waals surface area contributed by atoms with Gasteiger partial charge in [-0.3, -0.25) is 0 Å². The fourth-order valence-corrected chi connectivity index (χ4v) is 3.39. The lowest BCUT2D eigenvalue weighted by Gasteiger charge is -2.19. The lowest BCUT2D eigenvalue weighted by atomic mass is 10.2. The van der Waals surface area contributed by atoms with Crippen LogP contribution in [0, 0.1) is 0 Å². The third kappa shape index (κ3) is 1.90. The molecule has 96 valence electrons. The molecule has 2 aromatic rings. The van der Waals surface area contributed by atoms with Gasteiger partial charge in [0.1, 0.15) is 5.82 Å². The molecule has 1 aliphatic heterocycles. The third-order valence-electron chi connectivity index (χ3n) is 3.25. The van der Waals surface area contributed by atoms with Crippen LogP contribution in [0.15, 0.2) is 24.3 Å². The Morgan fingerprint density at radius 1 is 1.39 bits per heavy atom. The number of imidazole rings is 1. The Morgan fingerprint density at radius 3 is 2.89 bits per heavy atom. The van der Waals surface area contributed by atoms with Gasteiger partial charge in [0.15, 0.2) is 0 Å². The third-order valence-corrected chi connectivity index (χ3v) is 4.34. The standard InChI is InChI=1S/C11H14N4O2S/c12-18(16,17)15-7-3-6-10(15)11-13-8-4-1-2-5-9(8)14-11/h1-2,4-5,10H,3,6-7H2,(H,13,14)(H2,12,16,17). The van der Waals surface area contributed by atoms with Gasteiger partial charge in [-0.2, -0.15) is 12.7 Å². The largest absolute Gasteiger partial charge is 0.341 e. The number of para-hydroxylation sites is 2. The summed E-state index contributed by atoms with van der Waals surface area (Å²) in [6.45, 7) is 0.459. The maximum absolute atomic E-state index is 11.5. The summed E-state index contributed by atoms with van der Waals surface area (Å²) in [6.07, 6.45) is 1.55. The van der Waals surface area contributed by atoms with Crippen LogP contribution in [0.25, 0.3) is 11.0 Å². The van der Waals surface area contributed by atoms with Crippen molar-refractivity contribution in [1.29, 1.82) is 0 Å². The van der Waals surface area contributed by atoms with E-state index in [-0.39, 0.29) is 6.04 Å². The van der Waals surface area contributed by atoms with E-state index < -0.39 is 10.2 Å². The number of hydrogen-bond acceptors (Lipinski definition) is 3. The van der Waals surface area contributed by atoms with Gasteiger partial charge in [-0.05, 0) is 25.0 Å². The summed E-state index contributed by atoms with van der Waals surface area (Å²) in [6, 6.07) is 7.36. The topological polar surface area (TPSA) is 92.1 Å². The number of hydrogen-bond donors (Lipinski definition) is 2. The van der Waals surface area contributed by atoms with Crippen LogP contribution in [-0.4, -0.2) is 29.2 Å². The van der Waals surface area contributed by atoms with Crippen LogP contribution in [0.5, 0.6) is 0 Å². The van der Waals surface area contributed by atoms with Crippen molar-refractivity contribution in [2.24, 2.45) is 5.14 Å². The van der Waals surface area contributed by atoms with E-state index in [1.165, 1.54) is 4.31 Å². The van der Waals surface area contributed by atoms with Crippen LogP contribution < -0.4 is 5.14 Å². The van der Waals surface area contributed by atoms with Crippen LogP contribution in [0.4, 0.5) is 0 Å². The fraction of sp³-hybridized carbons (Fsp3) is 0.364. The molecule has 3 N–H and O–H groups in total. The van der Waals surface area contributed by atoms with Crippen molar-refractivity contribution < 1.29 is 8.42 Å². The Kier molecular flexibility index (Phi) is 2.61. The molecule has 0 aliphatic carbocycles. The zero-order valence-corrected chi connectivity index (χ0v) is 10.5. The predicted octanol–water partition coefficient (Wildman–Crippen LogP) is 0.903. The second-order valence-electron chi connectivity index (χ2n) is 4.45. The normalized spacial score (nSPS) is 21.7. The molecule has 0 saturated carbocycles. The second kappa shape index (κ2) is 4.04. The quantitative estimate of drug-likeness (QED) is 0.846. The fourth-order valence-electron chi connectivity index (χ4n) is 2.45. The molecule has 0 radical (unpaired) electrons. The first-order valence-corrected chi connectivity index (χ1v) is 7.30. The molecule has 1 saturated heterocycles. The van der Waals surface area contributed by atoms with E-state index in [2.05, 4.69) is 9.97 Å². The molecule has 18 heavy (non-hydrogen) atoms. The van der Waals surface area contributed by atoms with Gasteiger partial charge in [-0.1, -0.05) is 12.1 Å². The average molecular weight is 266 g/mol. The summed E-state index contributed by atoms with van der Waals surface area (Å²) in [7, 11) is -3.66. The minimum Gasteiger partial charge on any atom is -0.341 e. The van der Waals surface area contributed by atoms with Crippen molar-refractivity contribution in [3.05, 3.63) is 30.1 Å². The van der Waals surface area contributed by atoms with Crippen LogP contribution in [0.1, 0.15) is 24.7 Å². The van der Waals surface area contributed by atoms with Crippen LogP contribution in [0.2, 0.25) is 0 Å². The highest BCUT2D eigenvalue weighted by Gasteiger charge is 2.34. The van der Waals surface area contributed by atoms with Gasteiger partial charge in [-0.15, -0.1) is 0 Å². The lowest BCUT2D eigenvalue weighted by Crippen LogP contribution is -2.36. The van der Waals surface area contributed by atoms with E-state index in [0.717, 1.165) is 23.9 Å². The first kappa shape index (κ1) is 11.6. The van der Waals surface area contributed by atoms with Crippen LogP contribution >= 0.6 is 0 Å². The maximum Gasteiger partial charge on any atom is 0.277 e. The van der Waals surface area contributed by atoms with Crippen molar-refractivity contribution in [1.82, 2.24) is 14.3 Å². The molecule has 7 heteroatoms. The van der Waals surface area contributed by atoms with Gasteiger partial charge >= 0.3 is 0 Å². The molecular weight excluding hydrogens is 252 g/mol. The van der Waals surface area contributed by atoms with Crippen molar-refractivity contribution >= 4 is 21.2 Å². The van der Waals surface area contributed by atoms with Crippen LogP contribution in [0.3, 0.4) is 0 Å². The lowest BCUT2D eigenvalue weighted by molar-refractivity contribution is 0.386. The van der Waals surface area contributed by atoms with Gasteiger partial charge in [0.05, 0.1) is 17.1 Å². The van der Waals surface area contributed by atoms with Gasteiger partial charge in [0.2, 0.25) is 0 Å². The molecule has 1 atom stereocenters. The summed E-state index contributed by atoms with van der Waals surface area (Å²) < 4.78 is 24.3. The molecule has 0 bridgehead atoms. The van der Waals surface area contributed by atoms with E-state index >= 15 is 0 Å². The zero-order chi connectivity index (χ0) is 12.8. The number of nitrogens with one attached hydrogen (secondary N) is 1. The average Bonchev–Trinajstić information content (AvgIpc) is 2.94. The molecule has 0 amide bonds. The van der Waals surface area contributed by atoms with E-state index in [9.17, 15) is 8.42 Å². The van der Waals surface area contributed by atoms with E-state index in [4.69, 9.17) is 5.14 Å². The number of aromatic amines is 1. The molecule has 3 rings (SSSR count). The van der Waals surface area contributed by atoms with Crippen molar-refractivity contribution in [2.75, 3.05) is 6.54 Å². The van der Waals surface area contributed by atoms with Crippen molar-refractivity contribution in [3.63, 3.8) is 0 Å². The Balaban J connectivity index is 2.03. The highest BCUT2D eigenvalue weighted by atomic mass is 32.2. The number of rotatable bonds is 2. The molecule has 6 nitrogen and oxygen atoms in total. The summed E-state index contributed by atoms with van der Waals surface area (Å²) in [5.74, 6) is 0.669. The molecule has 1 fully saturated rings. The number of H-pyrrole nitrogens is 1. The molecule has 1 aliphatic rings. The second-order valence-corrected chi connectivity index (χ2v) is 5.95. The zero-order valence-electron chi connectivity index (χ0n) is 9.70. The van der Waals surface area contributed by atoms with Gasteiger partial charge in [0.25, 0.3) is 10.2 Å². The summed E-state index contributed by atoms with van der Waals surface area (Å²) >= 11 is 0. The number of aromatic nitrogens is 2. The maximum atomic E-state index is 11.5. The first-order chi connectivity index (χ1) is 8.55. The van der Waals surface area contributed by atoms with Gasteiger partial charge in [0, 0.05) is 6.54 Å². The highest BCUT2D eigenvalue weighted by Crippen LogP contribution is 2.32. The number of fused-ring (bicyclic) bond motifs is 1. The minimum atomic E-state index is -3.66. The highest BCUT2D eigenvalue weighted by molar-refractivity contribution is 7.86. The SMILES string of the molecule is NS(=O)(=O)N1CCCC1c1nc2ccccc2[nH]1. The Morgan fingerprint density at radius 2 is 2.17 bits per heavy atom. The molecular formula is C11H14N4O2S. The molecule has 0 spiro atoms. The number of nitrogens with two attached hydrogens (primary N) is 1.